The Kier molecular flexibility index (Phi) is 7.15. The maximum Gasteiger partial charge on any atom is 0.328 e. The number of ether oxygens (including phenoxy) is 2. The van der Waals surface area contributed by atoms with E-state index in [0.29, 0.717) is 0 Å². The summed E-state index contributed by atoms with van der Waals surface area (Å²) in [4.78, 5) is 48.6. The minimum absolute atomic E-state index is 0.0635. The predicted molar refractivity (Wildman–Crippen MR) is 81.5 cm³/mol. The van der Waals surface area contributed by atoms with E-state index in [0.717, 1.165) is 0 Å². The molecule has 1 aliphatic rings. The molecule has 2 amide bonds. The quantitative estimate of drug-likeness (QED) is 0.582. The summed E-state index contributed by atoms with van der Waals surface area (Å²) in [5.74, 6) is -2.70. The van der Waals surface area contributed by atoms with Crippen LogP contribution in [-0.4, -0.2) is 72.7 Å². The van der Waals surface area contributed by atoms with E-state index in [1.807, 2.05) is 0 Å². The van der Waals surface area contributed by atoms with E-state index >= 15 is 0 Å². The highest BCUT2D eigenvalue weighted by Gasteiger charge is 2.40. The van der Waals surface area contributed by atoms with Gasteiger partial charge in [0.2, 0.25) is 11.8 Å². The van der Waals surface area contributed by atoms with Crippen molar-refractivity contribution in [2.75, 3.05) is 20.8 Å². The second-order valence-electron chi connectivity index (χ2n) is 5.84. The molecule has 1 rings (SSSR count). The Bertz CT molecular complexity index is 508. The Balaban J connectivity index is 2.85. The minimum atomic E-state index is -1.06. The summed E-state index contributed by atoms with van der Waals surface area (Å²) in [6.07, 6.45) is -0.793. The number of methoxy groups -OCH3 is 2. The van der Waals surface area contributed by atoms with Crippen molar-refractivity contribution in [1.82, 2.24) is 10.2 Å². The molecule has 1 saturated heterocycles. The molecule has 0 bridgehead atoms. The van der Waals surface area contributed by atoms with Gasteiger partial charge in [-0.2, -0.15) is 0 Å². The van der Waals surface area contributed by atoms with Crippen LogP contribution in [-0.2, 0) is 28.7 Å². The fourth-order valence-corrected chi connectivity index (χ4v) is 2.68. The van der Waals surface area contributed by atoms with Crippen LogP contribution in [0.3, 0.4) is 0 Å². The van der Waals surface area contributed by atoms with E-state index in [-0.39, 0.29) is 25.3 Å². The highest BCUT2D eigenvalue weighted by atomic mass is 16.5. The number of aliphatic hydroxyl groups is 1. The normalized spacial score (nSPS) is 22.5. The molecular weight excluding hydrogens is 320 g/mol. The second-order valence-corrected chi connectivity index (χ2v) is 5.84. The summed E-state index contributed by atoms with van der Waals surface area (Å²) in [5, 5.41) is 12.2. The number of hydrogen-bond donors (Lipinski definition) is 2. The summed E-state index contributed by atoms with van der Waals surface area (Å²) < 4.78 is 9.23. The molecule has 0 unspecified atom stereocenters. The zero-order valence-corrected chi connectivity index (χ0v) is 14.3. The van der Waals surface area contributed by atoms with Crippen molar-refractivity contribution < 1.29 is 33.8 Å². The van der Waals surface area contributed by atoms with Crippen LogP contribution >= 0.6 is 0 Å². The lowest BCUT2D eigenvalue weighted by Crippen LogP contribution is -2.53. The first kappa shape index (κ1) is 19.9. The van der Waals surface area contributed by atoms with Gasteiger partial charge in [-0.3, -0.25) is 14.4 Å². The van der Waals surface area contributed by atoms with Gasteiger partial charge in [0.25, 0.3) is 0 Å². The summed E-state index contributed by atoms with van der Waals surface area (Å²) in [7, 11) is 2.40. The Morgan fingerprint density at radius 3 is 2.38 bits per heavy atom. The molecule has 9 nitrogen and oxygen atoms in total. The van der Waals surface area contributed by atoms with Gasteiger partial charge in [-0.15, -0.1) is 0 Å². The smallest absolute Gasteiger partial charge is 0.328 e. The molecule has 24 heavy (non-hydrogen) atoms. The molecule has 1 fully saturated rings. The fourth-order valence-electron chi connectivity index (χ4n) is 2.68. The highest BCUT2D eigenvalue weighted by Crippen LogP contribution is 2.19. The monoisotopic (exact) mass is 344 g/mol. The maximum atomic E-state index is 12.5. The van der Waals surface area contributed by atoms with E-state index in [2.05, 4.69) is 14.8 Å². The van der Waals surface area contributed by atoms with Crippen molar-refractivity contribution in [2.24, 2.45) is 5.92 Å². The average molecular weight is 344 g/mol. The van der Waals surface area contributed by atoms with Crippen LogP contribution in [0.5, 0.6) is 0 Å². The Morgan fingerprint density at radius 1 is 1.25 bits per heavy atom. The molecule has 0 aliphatic carbocycles. The van der Waals surface area contributed by atoms with Crippen LogP contribution in [0.4, 0.5) is 0 Å². The molecular formula is C15H24N2O7. The number of carbonyl (C=O) groups excluding carboxylic acids is 4. The van der Waals surface area contributed by atoms with Gasteiger partial charge in [0.05, 0.1) is 26.7 Å². The van der Waals surface area contributed by atoms with Crippen molar-refractivity contribution in [3.05, 3.63) is 0 Å². The van der Waals surface area contributed by atoms with Crippen molar-refractivity contribution in [1.29, 1.82) is 0 Å². The number of β-amino-alcohol motifs (C(OH)–C–C–N with tert-alkyl or cyclic N) is 1. The predicted octanol–water partition coefficient (Wildman–Crippen LogP) is -1.17. The minimum Gasteiger partial charge on any atom is -0.469 e. The highest BCUT2D eigenvalue weighted by molar-refractivity contribution is 5.91. The fraction of sp³-hybridized carbons (Fsp3) is 0.733. The van der Waals surface area contributed by atoms with Gasteiger partial charge in [0.15, 0.2) is 0 Å². The summed E-state index contributed by atoms with van der Waals surface area (Å²) in [5.41, 5.74) is 0. The number of nitrogens with zero attached hydrogens (tertiary/aromatic N) is 1. The van der Waals surface area contributed by atoms with E-state index in [1.165, 1.54) is 26.0 Å². The average Bonchev–Trinajstić information content (AvgIpc) is 2.93. The van der Waals surface area contributed by atoms with Crippen LogP contribution in [0.15, 0.2) is 0 Å². The molecule has 0 aromatic heterocycles. The number of carbonyl (C=O) groups is 4. The van der Waals surface area contributed by atoms with Gasteiger partial charge in [-0.05, 0) is 5.92 Å². The molecule has 0 aromatic carbocycles. The SMILES string of the molecule is COC(=O)C[C@@H](C)[C@@H](NC(=O)[C@@H]1C[C@@H](O)CN1C(C)=O)C(=O)OC. The zero-order valence-electron chi connectivity index (χ0n) is 14.3. The summed E-state index contributed by atoms with van der Waals surface area (Å²) in [6, 6.07) is -1.93. The number of likely N-dealkylation sites (tertiary alicyclic amines) is 1. The first-order valence-corrected chi connectivity index (χ1v) is 7.61. The standard InChI is InChI=1S/C15H24N2O7/c1-8(5-12(20)23-3)13(15(22)24-4)16-14(21)11-6-10(19)7-17(11)9(2)18/h8,10-11,13,19H,5-7H2,1-4H3,(H,16,21)/t8-,10-,11+,13-/m1/s1. The molecule has 1 aliphatic heterocycles. The van der Waals surface area contributed by atoms with Gasteiger partial charge in [0, 0.05) is 19.9 Å². The molecule has 0 saturated carbocycles. The zero-order chi connectivity index (χ0) is 18.4. The third-order valence-electron chi connectivity index (χ3n) is 4.02. The molecule has 2 N–H and O–H groups in total. The Labute approximate surface area is 140 Å². The van der Waals surface area contributed by atoms with Gasteiger partial charge in [-0.1, -0.05) is 6.92 Å². The Morgan fingerprint density at radius 2 is 1.88 bits per heavy atom. The number of aliphatic hydroxyl groups excluding tert-OH is 1. The second kappa shape index (κ2) is 8.62. The van der Waals surface area contributed by atoms with Crippen LogP contribution < -0.4 is 5.32 Å². The topological polar surface area (TPSA) is 122 Å². The van der Waals surface area contributed by atoms with E-state index in [9.17, 15) is 24.3 Å². The number of esters is 2. The van der Waals surface area contributed by atoms with Gasteiger partial charge < -0.3 is 24.8 Å². The third-order valence-corrected chi connectivity index (χ3v) is 4.02. The largest absolute Gasteiger partial charge is 0.469 e. The van der Waals surface area contributed by atoms with Crippen LogP contribution in [0.25, 0.3) is 0 Å². The van der Waals surface area contributed by atoms with E-state index in [4.69, 9.17) is 0 Å². The van der Waals surface area contributed by atoms with Crippen molar-refractivity contribution >= 4 is 23.8 Å². The first-order chi connectivity index (χ1) is 11.2. The lowest BCUT2D eigenvalue weighted by Gasteiger charge is -2.27. The summed E-state index contributed by atoms with van der Waals surface area (Å²) in [6.45, 7) is 2.97. The number of hydrogen-bond acceptors (Lipinski definition) is 7. The molecule has 1 heterocycles. The van der Waals surface area contributed by atoms with Crippen LogP contribution in [0.2, 0.25) is 0 Å². The van der Waals surface area contributed by atoms with Gasteiger partial charge in [0.1, 0.15) is 12.1 Å². The molecule has 136 valence electrons. The van der Waals surface area contributed by atoms with Gasteiger partial charge >= 0.3 is 11.9 Å². The number of rotatable bonds is 6. The molecule has 9 heteroatoms. The summed E-state index contributed by atoms with van der Waals surface area (Å²) >= 11 is 0. The van der Waals surface area contributed by atoms with E-state index < -0.39 is 42.0 Å². The molecule has 0 radical (unpaired) electrons. The molecule has 4 atom stereocenters. The van der Waals surface area contributed by atoms with Crippen LogP contribution in [0, 0.1) is 5.92 Å². The maximum absolute atomic E-state index is 12.5. The lowest BCUT2D eigenvalue weighted by atomic mass is 9.97. The van der Waals surface area contributed by atoms with Crippen LogP contribution in [0.1, 0.15) is 26.7 Å². The van der Waals surface area contributed by atoms with Crippen molar-refractivity contribution in [3.63, 3.8) is 0 Å². The van der Waals surface area contributed by atoms with E-state index in [1.54, 1.807) is 6.92 Å². The number of amides is 2. The van der Waals surface area contributed by atoms with Crippen molar-refractivity contribution in [2.45, 2.75) is 44.9 Å². The lowest BCUT2D eigenvalue weighted by molar-refractivity contribution is -0.149. The Hall–Kier alpha value is -2.16. The molecule has 0 aromatic rings. The van der Waals surface area contributed by atoms with Gasteiger partial charge in [-0.25, -0.2) is 4.79 Å². The molecule has 0 spiro atoms. The van der Waals surface area contributed by atoms with Crippen molar-refractivity contribution in [3.8, 4) is 0 Å². The number of nitrogens with one attached hydrogen (secondary N) is 1. The first-order valence-electron chi connectivity index (χ1n) is 7.61. The third kappa shape index (κ3) is 4.92.